The van der Waals surface area contributed by atoms with Crippen molar-refractivity contribution >= 4 is 11.9 Å². The van der Waals surface area contributed by atoms with Crippen LogP contribution in [-0.4, -0.2) is 49.8 Å². The summed E-state index contributed by atoms with van der Waals surface area (Å²) in [6, 6.07) is -0.413. The number of nitrogens with zero attached hydrogens (tertiary/aromatic N) is 3. The summed E-state index contributed by atoms with van der Waals surface area (Å²) in [6.07, 6.45) is -0.909. The summed E-state index contributed by atoms with van der Waals surface area (Å²) in [6.45, 7) is 1.70. The second-order valence-corrected chi connectivity index (χ2v) is 4.03. The van der Waals surface area contributed by atoms with Crippen molar-refractivity contribution < 1.29 is 19.4 Å². The molecular weight excluding hydrogens is 242 g/mol. The number of aromatic amines is 1. The van der Waals surface area contributed by atoms with Gasteiger partial charge in [-0.3, -0.25) is 4.79 Å². The molecule has 1 saturated heterocycles. The van der Waals surface area contributed by atoms with Gasteiger partial charge in [-0.05, 0) is 19.8 Å². The van der Waals surface area contributed by atoms with Crippen LogP contribution in [0, 0.1) is 0 Å². The van der Waals surface area contributed by atoms with Crippen molar-refractivity contribution in [2.45, 2.75) is 38.0 Å². The summed E-state index contributed by atoms with van der Waals surface area (Å²) in [4.78, 5) is 22.5. The number of H-pyrrole nitrogens is 1. The summed E-state index contributed by atoms with van der Waals surface area (Å²) < 4.78 is 5.13. The largest absolute Gasteiger partial charge is 0.479 e. The van der Waals surface area contributed by atoms with Crippen LogP contribution in [0.4, 0.5) is 0 Å². The lowest BCUT2D eigenvalue weighted by atomic mass is 10.2. The summed E-state index contributed by atoms with van der Waals surface area (Å²) in [7, 11) is 0. The van der Waals surface area contributed by atoms with E-state index in [1.54, 1.807) is 6.92 Å². The summed E-state index contributed by atoms with van der Waals surface area (Å²) in [5.41, 5.74) is 0. The minimum absolute atomic E-state index is 0.337. The smallest absolute Gasteiger partial charge is 0.332 e. The van der Waals surface area contributed by atoms with Gasteiger partial charge in [0.25, 0.3) is 0 Å². The van der Waals surface area contributed by atoms with Crippen LogP contribution in [0.1, 0.15) is 31.6 Å². The Bertz CT molecular complexity index is 434. The van der Waals surface area contributed by atoms with E-state index >= 15 is 0 Å². The van der Waals surface area contributed by atoms with E-state index in [9.17, 15) is 9.59 Å². The maximum Gasteiger partial charge on any atom is 0.332 e. The first kappa shape index (κ1) is 12.4. The summed E-state index contributed by atoms with van der Waals surface area (Å²) in [5.74, 6) is -1.05. The van der Waals surface area contributed by atoms with Crippen LogP contribution >= 0.6 is 0 Å². The minimum atomic E-state index is -1.04. The van der Waals surface area contributed by atoms with Crippen molar-refractivity contribution in [3.05, 3.63) is 5.82 Å². The van der Waals surface area contributed by atoms with Gasteiger partial charge in [0.2, 0.25) is 5.91 Å². The van der Waals surface area contributed by atoms with E-state index in [2.05, 4.69) is 25.9 Å². The van der Waals surface area contributed by atoms with Gasteiger partial charge in [-0.1, -0.05) is 5.21 Å². The molecule has 0 saturated carbocycles. The predicted molar refractivity (Wildman–Crippen MR) is 56.3 cm³/mol. The summed E-state index contributed by atoms with van der Waals surface area (Å²) in [5, 5.41) is 24.6. The van der Waals surface area contributed by atoms with Crippen molar-refractivity contribution in [3.8, 4) is 0 Å². The number of hydrogen-bond donors (Lipinski definition) is 3. The van der Waals surface area contributed by atoms with Crippen LogP contribution in [0.5, 0.6) is 0 Å². The number of ether oxygens (including phenoxy) is 1. The number of carbonyl (C=O) groups is 2. The third-order valence-corrected chi connectivity index (χ3v) is 2.70. The first-order valence-electron chi connectivity index (χ1n) is 5.50. The number of aliphatic carboxylic acids is 1. The molecule has 1 aromatic rings. The average molecular weight is 255 g/mol. The molecule has 0 aromatic carbocycles. The number of hydrogen-bond acceptors (Lipinski definition) is 6. The Morgan fingerprint density at radius 3 is 2.78 bits per heavy atom. The van der Waals surface area contributed by atoms with E-state index in [0.29, 0.717) is 18.7 Å². The highest BCUT2D eigenvalue weighted by atomic mass is 16.5. The topological polar surface area (TPSA) is 130 Å². The van der Waals surface area contributed by atoms with Gasteiger partial charge in [-0.25, -0.2) is 4.79 Å². The highest BCUT2D eigenvalue weighted by Crippen LogP contribution is 2.20. The van der Waals surface area contributed by atoms with Gasteiger partial charge in [0.1, 0.15) is 6.10 Å². The van der Waals surface area contributed by atoms with Crippen LogP contribution in [0.15, 0.2) is 0 Å². The molecule has 18 heavy (non-hydrogen) atoms. The lowest BCUT2D eigenvalue weighted by Gasteiger charge is -2.14. The number of nitrogens with one attached hydrogen (secondary N) is 2. The van der Waals surface area contributed by atoms with Crippen molar-refractivity contribution in [2.24, 2.45) is 0 Å². The number of carbonyl (C=O) groups excluding carboxylic acids is 1. The van der Waals surface area contributed by atoms with Crippen molar-refractivity contribution in [1.29, 1.82) is 0 Å². The molecule has 0 aliphatic carbocycles. The predicted octanol–water partition coefficient (Wildman–Crippen LogP) is -0.991. The second-order valence-electron chi connectivity index (χ2n) is 4.03. The van der Waals surface area contributed by atoms with E-state index in [1.165, 1.54) is 0 Å². The maximum atomic E-state index is 11.8. The molecule has 9 heteroatoms. The zero-order valence-electron chi connectivity index (χ0n) is 9.66. The molecule has 2 heterocycles. The Labute approximate surface area is 102 Å². The van der Waals surface area contributed by atoms with E-state index in [-0.39, 0.29) is 5.91 Å². The highest BCUT2D eigenvalue weighted by molar-refractivity contribution is 5.82. The molecule has 3 N–H and O–H groups in total. The van der Waals surface area contributed by atoms with E-state index in [4.69, 9.17) is 9.84 Å². The van der Waals surface area contributed by atoms with Crippen LogP contribution < -0.4 is 5.32 Å². The molecule has 0 bridgehead atoms. The molecule has 1 aliphatic heterocycles. The molecule has 1 amide bonds. The van der Waals surface area contributed by atoms with Crippen LogP contribution in [0.25, 0.3) is 0 Å². The van der Waals surface area contributed by atoms with Gasteiger partial charge in [0.05, 0.1) is 6.04 Å². The lowest BCUT2D eigenvalue weighted by molar-refractivity contribution is -0.151. The number of tetrazole rings is 1. The molecule has 1 aliphatic rings. The number of aromatic nitrogens is 4. The molecule has 1 unspecified atom stereocenters. The molecule has 98 valence electrons. The normalized spacial score (nSPS) is 24.7. The van der Waals surface area contributed by atoms with Gasteiger partial charge in [-0.15, -0.1) is 10.2 Å². The molecule has 0 spiro atoms. The fourth-order valence-electron chi connectivity index (χ4n) is 1.74. The SMILES string of the molecule is CC(NC(=O)[C@@H]1CC[C@H](C(=O)O)O1)c1nn[nH]n1. The van der Waals surface area contributed by atoms with Gasteiger partial charge >= 0.3 is 5.97 Å². The fraction of sp³-hybridized carbons (Fsp3) is 0.667. The van der Waals surface area contributed by atoms with Crippen LogP contribution in [-0.2, 0) is 14.3 Å². The molecule has 9 nitrogen and oxygen atoms in total. The maximum absolute atomic E-state index is 11.8. The molecule has 3 atom stereocenters. The fourth-order valence-corrected chi connectivity index (χ4v) is 1.74. The first-order chi connectivity index (χ1) is 8.58. The molecule has 2 rings (SSSR count). The monoisotopic (exact) mass is 255 g/mol. The zero-order chi connectivity index (χ0) is 13.1. The number of carboxylic acid groups (broad SMARTS) is 1. The average Bonchev–Trinajstić information content (AvgIpc) is 3.00. The third-order valence-electron chi connectivity index (χ3n) is 2.70. The lowest BCUT2D eigenvalue weighted by Crippen LogP contribution is -2.37. The van der Waals surface area contributed by atoms with Crippen molar-refractivity contribution in [3.63, 3.8) is 0 Å². The quantitative estimate of drug-likeness (QED) is 0.629. The first-order valence-corrected chi connectivity index (χ1v) is 5.50. The third kappa shape index (κ3) is 2.62. The Kier molecular flexibility index (Phi) is 3.51. The van der Waals surface area contributed by atoms with Gasteiger partial charge in [0.15, 0.2) is 11.9 Å². The Morgan fingerprint density at radius 1 is 1.50 bits per heavy atom. The second kappa shape index (κ2) is 5.08. The number of amides is 1. The molecular formula is C9H13N5O4. The van der Waals surface area contributed by atoms with Gasteiger partial charge < -0.3 is 15.2 Å². The highest BCUT2D eigenvalue weighted by Gasteiger charge is 2.35. The summed E-state index contributed by atoms with van der Waals surface area (Å²) >= 11 is 0. The Hall–Kier alpha value is -2.03. The Morgan fingerprint density at radius 2 is 2.22 bits per heavy atom. The van der Waals surface area contributed by atoms with E-state index in [0.717, 1.165) is 0 Å². The van der Waals surface area contributed by atoms with Gasteiger partial charge in [-0.2, -0.15) is 5.21 Å². The number of rotatable bonds is 4. The Balaban J connectivity index is 1.87. The van der Waals surface area contributed by atoms with Crippen LogP contribution in [0.2, 0.25) is 0 Å². The van der Waals surface area contributed by atoms with Crippen LogP contribution in [0.3, 0.4) is 0 Å². The molecule has 1 aromatic heterocycles. The van der Waals surface area contributed by atoms with E-state index < -0.39 is 24.2 Å². The zero-order valence-corrected chi connectivity index (χ0v) is 9.66. The molecule has 1 fully saturated rings. The minimum Gasteiger partial charge on any atom is -0.479 e. The van der Waals surface area contributed by atoms with E-state index in [1.807, 2.05) is 0 Å². The van der Waals surface area contributed by atoms with Crippen molar-refractivity contribution in [2.75, 3.05) is 0 Å². The standard InChI is InChI=1S/C9H13N5O4/c1-4(7-11-13-14-12-7)10-8(15)5-2-3-6(18-5)9(16)17/h4-6H,2-3H2,1H3,(H,10,15)(H,16,17)(H,11,12,13,14)/t4?,5-,6+/m0/s1. The van der Waals surface area contributed by atoms with Crippen molar-refractivity contribution in [1.82, 2.24) is 25.9 Å². The van der Waals surface area contributed by atoms with Gasteiger partial charge in [0, 0.05) is 0 Å². The number of carboxylic acids is 1. The molecule has 0 radical (unpaired) electrons.